The summed E-state index contributed by atoms with van der Waals surface area (Å²) in [7, 11) is 0. The lowest BCUT2D eigenvalue weighted by molar-refractivity contribution is -0.147. The minimum atomic E-state index is -1.30. The van der Waals surface area contributed by atoms with Crippen molar-refractivity contribution in [3.8, 4) is 0 Å². The molecule has 0 aromatic heterocycles. The molecule has 258 valence electrons. The number of amides is 2. The molecule has 0 heterocycles. The molecule has 3 aliphatic rings. The van der Waals surface area contributed by atoms with Crippen LogP contribution < -0.4 is 10.6 Å². The van der Waals surface area contributed by atoms with E-state index in [1.54, 1.807) is 0 Å². The Balaban J connectivity index is 1.27. The molecule has 3 saturated carbocycles. The number of fused-ring (bicyclic) bond motifs is 2. The fourth-order valence-electron chi connectivity index (χ4n) is 9.34. The predicted octanol–water partition coefficient (Wildman–Crippen LogP) is 8.74. The summed E-state index contributed by atoms with van der Waals surface area (Å²) in [6.07, 6.45) is 12.6. The molecule has 0 spiro atoms. The average molecular weight is 661 g/mol. The fourth-order valence-corrected chi connectivity index (χ4v) is 9.34. The number of rotatable bonds is 8. The van der Waals surface area contributed by atoms with E-state index in [2.05, 4.69) is 47.0 Å². The van der Waals surface area contributed by atoms with Crippen molar-refractivity contribution in [1.82, 2.24) is 10.6 Å². The van der Waals surface area contributed by atoms with Gasteiger partial charge in [-0.25, -0.2) is 0 Å². The predicted molar refractivity (Wildman–Crippen MR) is 196 cm³/mol. The number of hydrogen-bond donors (Lipinski definition) is 4. The van der Waals surface area contributed by atoms with Gasteiger partial charge in [-0.2, -0.15) is 0 Å². The van der Waals surface area contributed by atoms with Crippen molar-refractivity contribution >= 4 is 33.4 Å². The van der Waals surface area contributed by atoms with E-state index >= 15 is 0 Å². The number of carbonyl (C=O) groups excluding carboxylic acids is 2. The molecule has 0 radical (unpaired) electrons. The Morgan fingerprint density at radius 2 is 0.816 bits per heavy atom. The van der Waals surface area contributed by atoms with Gasteiger partial charge in [0.2, 0.25) is 11.8 Å². The van der Waals surface area contributed by atoms with Crippen molar-refractivity contribution < 1.29 is 19.8 Å². The van der Waals surface area contributed by atoms with E-state index in [9.17, 15) is 19.8 Å². The maximum atomic E-state index is 14.9. The number of nitrogens with one attached hydrogen (secondary N) is 2. The smallest absolute Gasteiger partial charge is 0.236 e. The van der Waals surface area contributed by atoms with Crippen LogP contribution in [0.3, 0.4) is 0 Å². The summed E-state index contributed by atoms with van der Waals surface area (Å²) in [5.74, 6) is -0.634. The third kappa shape index (κ3) is 6.62. The fraction of sp³-hybridized carbons (Fsp3) is 0.488. The SMILES string of the molecule is O=C(N[C@@H](c1cccc2ccccc12)C1(O)CCCCCC1)C1(C(=O)N[C@@H](c2cccc3ccccc23)C2(O)CCCCCC2)CCCC1. The first-order chi connectivity index (χ1) is 23.8. The van der Waals surface area contributed by atoms with Gasteiger partial charge in [-0.1, -0.05) is 149 Å². The molecule has 49 heavy (non-hydrogen) atoms. The molecule has 7 rings (SSSR count). The lowest BCUT2D eigenvalue weighted by atomic mass is 9.77. The molecule has 0 bridgehead atoms. The molecule has 4 aromatic carbocycles. The molecule has 0 aliphatic heterocycles. The van der Waals surface area contributed by atoms with Gasteiger partial charge in [0.05, 0.1) is 23.3 Å². The van der Waals surface area contributed by atoms with E-state index in [-0.39, 0.29) is 11.8 Å². The minimum Gasteiger partial charge on any atom is -0.387 e. The molecular weight excluding hydrogens is 608 g/mol. The van der Waals surface area contributed by atoms with Crippen LogP contribution in [0.5, 0.6) is 0 Å². The maximum absolute atomic E-state index is 14.9. The Hall–Kier alpha value is -3.74. The highest BCUT2D eigenvalue weighted by molar-refractivity contribution is 6.06. The summed E-state index contributed by atoms with van der Waals surface area (Å²) in [6.45, 7) is 0. The maximum Gasteiger partial charge on any atom is 0.236 e. The highest BCUT2D eigenvalue weighted by Gasteiger charge is 2.52. The van der Waals surface area contributed by atoms with Crippen LogP contribution in [0.1, 0.15) is 126 Å². The van der Waals surface area contributed by atoms with Gasteiger partial charge < -0.3 is 20.8 Å². The summed E-state index contributed by atoms with van der Waals surface area (Å²) < 4.78 is 0. The van der Waals surface area contributed by atoms with E-state index in [0.29, 0.717) is 38.5 Å². The van der Waals surface area contributed by atoms with Crippen LogP contribution in [0.4, 0.5) is 0 Å². The minimum absolute atomic E-state index is 0.317. The van der Waals surface area contributed by atoms with Crippen LogP contribution in [0.15, 0.2) is 84.9 Å². The molecule has 6 nitrogen and oxygen atoms in total. The van der Waals surface area contributed by atoms with Gasteiger partial charge >= 0.3 is 0 Å². The first-order valence-corrected chi connectivity index (χ1v) is 18.9. The van der Waals surface area contributed by atoms with E-state index in [1.807, 2.05) is 48.5 Å². The topological polar surface area (TPSA) is 98.7 Å². The van der Waals surface area contributed by atoms with Crippen molar-refractivity contribution in [3.05, 3.63) is 96.1 Å². The van der Waals surface area contributed by atoms with Crippen molar-refractivity contribution in [2.75, 3.05) is 0 Å². The van der Waals surface area contributed by atoms with Crippen molar-refractivity contribution in [2.45, 2.75) is 126 Å². The molecule has 4 aromatic rings. The van der Waals surface area contributed by atoms with E-state index in [1.165, 1.54) is 0 Å². The van der Waals surface area contributed by atoms with Crippen molar-refractivity contribution in [3.63, 3.8) is 0 Å². The van der Waals surface area contributed by atoms with Gasteiger partial charge in [-0.05, 0) is 71.2 Å². The molecule has 2 atom stereocenters. The van der Waals surface area contributed by atoms with Gasteiger partial charge in [0.1, 0.15) is 5.41 Å². The monoisotopic (exact) mass is 660 g/mol. The normalized spacial score (nSPS) is 21.7. The van der Waals surface area contributed by atoms with Gasteiger partial charge in [0, 0.05) is 0 Å². The number of aliphatic hydroxyl groups is 2. The van der Waals surface area contributed by atoms with Crippen molar-refractivity contribution in [2.24, 2.45) is 5.41 Å². The molecule has 3 aliphatic carbocycles. The second kappa shape index (κ2) is 14.2. The van der Waals surface area contributed by atoms with Crippen LogP contribution in [0, 0.1) is 5.41 Å². The van der Waals surface area contributed by atoms with Crippen LogP contribution in [0.2, 0.25) is 0 Å². The molecule has 0 saturated heterocycles. The summed E-state index contributed by atoms with van der Waals surface area (Å²) in [6, 6.07) is 27.1. The summed E-state index contributed by atoms with van der Waals surface area (Å²) >= 11 is 0. The van der Waals surface area contributed by atoms with Crippen LogP contribution >= 0.6 is 0 Å². The Bertz CT molecular complexity index is 1640. The Morgan fingerprint density at radius 3 is 1.22 bits per heavy atom. The number of benzene rings is 4. The largest absolute Gasteiger partial charge is 0.387 e. The van der Waals surface area contributed by atoms with Crippen LogP contribution in [-0.4, -0.2) is 33.2 Å². The standard InChI is InChI=1S/C43H52N2O4/c46-39(44-37(42(48)27-9-1-2-10-28-42)35-23-15-19-31-17-5-7-21-33(31)35)41(25-13-14-26-41)40(47)45-38(43(49)29-11-3-4-12-30-43)36-24-16-20-32-18-6-8-22-34(32)36/h5-8,15-24,37-38,48-49H,1-4,9-14,25-30H2,(H,44,46)(H,45,47)/t37-,38-/m0/s1. The molecule has 3 fully saturated rings. The van der Waals surface area contributed by atoms with Gasteiger partial charge in [0.25, 0.3) is 0 Å². The van der Waals surface area contributed by atoms with Gasteiger partial charge in [-0.3, -0.25) is 9.59 Å². The third-order valence-electron chi connectivity index (χ3n) is 12.2. The first-order valence-electron chi connectivity index (χ1n) is 18.9. The number of hydrogen-bond acceptors (Lipinski definition) is 4. The third-order valence-corrected chi connectivity index (χ3v) is 12.2. The zero-order chi connectivity index (χ0) is 33.9. The average Bonchev–Trinajstić information content (AvgIpc) is 3.40. The quantitative estimate of drug-likeness (QED) is 0.112. The number of carbonyl (C=O) groups is 2. The second-order valence-electron chi connectivity index (χ2n) is 15.3. The van der Waals surface area contributed by atoms with E-state index in [0.717, 1.165) is 96.9 Å². The Labute approximate surface area is 290 Å². The molecule has 2 amide bonds. The Morgan fingerprint density at radius 1 is 0.469 bits per heavy atom. The molecule has 4 N–H and O–H groups in total. The first kappa shape index (κ1) is 33.7. The van der Waals surface area contributed by atoms with Crippen LogP contribution in [0.25, 0.3) is 21.5 Å². The van der Waals surface area contributed by atoms with Gasteiger partial charge in [0.15, 0.2) is 0 Å². The van der Waals surface area contributed by atoms with Crippen LogP contribution in [-0.2, 0) is 9.59 Å². The lowest BCUT2D eigenvalue weighted by Crippen LogP contribution is -2.57. The zero-order valence-electron chi connectivity index (χ0n) is 28.8. The second-order valence-corrected chi connectivity index (χ2v) is 15.3. The van der Waals surface area contributed by atoms with E-state index in [4.69, 9.17) is 0 Å². The van der Waals surface area contributed by atoms with Gasteiger partial charge in [-0.15, -0.1) is 0 Å². The Kier molecular flexibility index (Phi) is 9.81. The summed E-state index contributed by atoms with van der Waals surface area (Å²) in [5, 5.41) is 35.7. The van der Waals surface area contributed by atoms with E-state index < -0.39 is 28.7 Å². The lowest BCUT2D eigenvalue weighted by Gasteiger charge is -2.41. The summed E-state index contributed by atoms with van der Waals surface area (Å²) in [4.78, 5) is 29.8. The zero-order valence-corrected chi connectivity index (χ0v) is 28.8. The summed E-state index contributed by atoms with van der Waals surface area (Å²) in [5.41, 5.74) is -1.77. The molecule has 6 heteroatoms. The molecule has 0 unspecified atom stereocenters. The highest BCUT2D eigenvalue weighted by Crippen LogP contribution is 2.46. The highest BCUT2D eigenvalue weighted by atomic mass is 16.3. The van der Waals surface area contributed by atoms with Crippen molar-refractivity contribution in [1.29, 1.82) is 0 Å². The molecular formula is C43H52N2O4.